The Labute approximate surface area is 82.5 Å². The molecular formula is C8H10FO3PS. The van der Waals surface area contributed by atoms with Gasteiger partial charge in [-0.1, -0.05) is 12.1 Å². The summed E-state index contributed by atoms with van der Waals surface area (Å²) < 4.78 is 44.9. The third-order valence-corrected chi connectivity index (χ3v) is 4.12. The smallest absolute Gasteiger partial charge is 0.319 e. The van der Waals surface area contributed by atoms with E-state index in [1.54, 1.807) is 13.3 Å². The van der Waals surface area contributed by atoms with Crippen LogP contribution in [0.4, 0.5) is 3.89 Å². The first-order valence-corrected chi connectivity index (χ1v) is 7.80. The van der Waals surface area contributed by atoms with Gasteiger partial charge in [-0.25, -0.2) is 0 Å². The molecule has 0 radical (unpaired) electrons. The molecule has 0 atom stereocenters. The van der Waals surface area contributed by atoms with Crippen LogP contribution in [-0.2, 0) is 14.8 Å². The Balaban J connectivity index is 3.21. The van der Waals surface area contributed by atoms with Crippen molar-refractivity contribution in [3.8, 4) is 0 Å². The van der Waals surface area contributed by atoms with Crippen LogP contribution < -0.4 is 5.30 Å². The summed E-state index contributed by atoms with van der Waals surface area (Å²) in [5, 5.41) is 0.532. The summed E-state index contributed by atoms with van der Waals surface area (Å²) in [6.45, 7) is 3.12. The van der Waals surface area contributed by atoms with Crippen molar-refractivity contribution in [3.63, 3.8) is 0 Å². The Bertz CT molecular complexity index is 472. The van der Waals surface area contributed by atoms with Crippen molar-refractivity contribution in [1.29, 1.82) is 0 Å². The molecular weight excluding hydrogens is 226 g/mol. The van der Waals surface area contributed by atoms with Gasteiger partial charge in [-0.2, -0.15) is 8.42 Å². The zero-order valence-electron chi connectivity index (χ0n) is 7.77. The maximum Gasteiger partial charge on any atom is 0.332 e. The molecule has 78 valence electrons. The molecule has 0 saturated carbocycles. The van der Waals surface area contributed by atoms with Crippen LogP contribution in [0.25, 0.3) is 0 Å². The average Bonchev–Trinajstić information content (AvgIpc) is 2.01. The predicted octanol–water partition coefficient (Wildman–Crippen LogP) is 1.59. The monoisotopic (exact) mass is 236 g/mol. The van der Waals surface area contributed by atoms with Gasteiger partial charge in [-0.15, -0.1) is 3.89 Å². The Morgan fingerprint density at radius 1 is 1.14 bits per heavy atom. The van der Waals surface area contributed by atoms with Gasteiger partial charge in [0.15, 0.2) is 0 Å². The van der Waals surface area contributed by atoms with Crippen molar-refractivity contribution in [3.05, 3.63) is 24.3 Å². The lowest BCUT2D eigenvalue weighted by molar-refractivity contribution is 0.552. The number of rotatable bonds is 2. The minimum Gasteiger partial charge on any atom is -0.319 e. The molecule has 0 amide bonds. The van der Waals surface area contributed by atoms with E-state index in [2.05, 4.69) is 0 Å². The Kier molecular flexibility index (Phi) is 2.83. The van der Waals surface area contributed by atoms with Gasteiger partial charge >= 0.3 is 10.2 Å². The fourth-order valence-corrected chi connectivity index (χ4v) is 2.30. The van der Waals surface area contributed by atoms with Crippen LogP contribution in [-0.4, -0.2) is 21.7 Å². The normalized spacial score (nSPS) is 12.8. The highest BCUT2D eigenvalue weighted by Crippen LogP contribution is 2.34. The van der Waals surface area contributed by atoms with Gasteiger partial charge < -0.3 is 4.57 Å². The Hall–Kier alpha value is -0.670. The summed E-state index contributed by atoms with van der Waals surface area (Å²) in [5.74, 6) is 0. The zero-order valence-corrected chi connectivity index (χ0v) is 9.48. The fraction of sp³-hybridized carbons (Fsp3) is 0.250. The maximum atomic E-state index is 12.5. The molecule has 0 saturated heterocycles. The standard InChI is InChI=1S/C8H10FO3PS/c1-13(2,10)7-3-5-8(6-4-7)14(9,11)12/h3-6H,1-2H3. The Morgan fingerprint density at radius 2 is 1.57 bits per heavy atom. The molecule has 0 aliphatic rings. The van der Waals surface area contributed by atoms with Crippen molar-refractivity contribution in [2.45, 2.75) is 4.90 Å². The molecule has 1 aromatic rings. The summed E-state index contributed by atoms with van der Waals surface area (Å²) in [7, 11) is -7.06. The van der Waals surface area contributed by atoms with Gasteiger partial charge in [-0.05, 0) is 25.5 Å². The van der Waals surface area contributed by atoms with Gasteiger partial charge in [-0.3, -0.25) is 0 Å². The van der Waals surface area contributed by atoms with Gasteiger partial charge in [0.25, 0.3) is 0 Å². The summed E-state index contributed by atoms with van der Waals surface area (Å²) in [4.78, 5) is -0.408. The summed E-state index contributed by atoms with van der Waals surface area (Å²) in [6.07, 6.45) is 0. The van der Waals surface area contributed by atoms with Gasteiger partial charge in [0.05, 0.1) is 4.90 Å². The van der Waals surface area contributed by atoms with E-state index in [9.17, 15) is 16.9 Å². The van der Waals surface area contributed by atoms with Crippen molar-refractivity contribution in [2.24, 2.45) is 0 Å². The molecule has 0 fully saturated rings. The van der Waals surface area contributed by atoms with E-state index < -0.39 is 22.3 Å². The summed E-state index contributed by atoms with van der Waals surface area (Å²) in [6, 6.07) is 4.97. The summed E-state index contributed by atoms with van der Waals surface area (Å²) >= 11 is 0. The van der Waals surface area contributed by atoms with Crippen LogP contribution >= 0.6 is 7.14 Å². The van der Waals surface area contributed by atoms with Crippen molar-refractivity contribution in [2.75, 3.05) is 13.3 Å². The van der Waals surface area contributed by atoms with Crippen LogP contribution in [0.1, 0.15) is 0 Å². The first-order valence-electron chi connectivity index (χ1n) is 3.81. The van der Waals surface area contributed by atoms with Gasteiger partial charge in [0.1, 0.15) is 7.14 Å². The molecule has 0 bridgehead atoms. The Morgan fingerprint density at radius 3 is 1.86 bits per heavy atom. The number of benzene rings is 1. The molecule has 0 unspecified atom stereocenters. The lowest BCUT2D eigenvalue weighted by Gasteiger charge is -2.06. The molecule has 0 spiro atoms. The van der Waals surface area contributed by atoms with Crippen LogP contribution in [0.3, 0.4) is 0 Å². The second-order valence-electron chi connectivity index (χ2n) is 3.28. The van der Waals surface area contributed by atoms with Gasteiger partial charge in [0.2, 0.25) is 0 Å². The van der Waals surface area contributed by atoms with Crippen LogP contribution in [0.5, 0.6) is 0 Å². The van der Waals surface area contributed by atoms with Crippen molar-refractivity contribution >= 4 is 22.7 Å². The number of hydrogen-bond acceptors (Lipinski definition) is 3. The molecule has 0 aromatic heterocycles. The van der Waals surface area contributed by atoms with E-state index in [-0.39, 0.29) is 0 Å². The van der Waals surface area contributed by atoms with Crippen LogP contribution in [0.2, 0.25) is 0 Å². The van der Waals surface area contributed by atoms with Crippen LogP contribution in [0.15, 0.2) is 29.2 Å². The zero-order chi connectivity index (χ0) is 11.0. The van der Waals surface area contributed by atoms with Crippen molar-refractivity contribution in [1.82, 2.24) is 0 Å². The molecule has 6 heteroatoms. The largest absolute Gasteiger partial charge is 0.332 e. The SMILES string of the molecule is CP(C)(=O)c1ccc(S(=O)(=O)F)cc1. The van der Waals surface area contributed by atoms with Crippen LogP contribution in [0, 0.1) is 0 Å². The lowest BCUT2D eigenvalue weighted by Crippen LogP contribution is -2.03. The molecule has 0 heterocycles. The van der Waals surface area contributed by atoms with E-state index in [1.807, 2.05) is 0 Å². The van der Waals surface area contributed by atoms with Crippen molar-refractivity contribution < 1.29 is 16.9 Å². The molecule has 0 aliphatic heterocycles. The highest BCUT2D eigenvalue weighted by molar-refractivity contribution is 7.86. The third-order valence-electron chi connectivity index (χ3n) is 1.74. The lowest BCUT2D eigenvalue weighted by atomic mass is 10.4. The predicted molar refractivity (Wildman–Crippen MR) is 53.8 cm³/mol. The second-order valence-corrected chi connectivity index (χ2v) is 7.85. The average molecular weight is 236 g/mol. The summed E-state index contributed by atoms with van der Waals surface area (Å²) in [5.41, 5.74) is 0. The molecule has 0 aliphatic carbocycles. The van der Waals surface area contributed by atoms with E-state index in [0.717, 1.165) is 12.1 Å². The maximum absolute atomic E-state index is 12.5. The topological polar surface area (TPSA) is 51.2 Å². The second kappa shape index (κ2) is 3.48. The molecule has 1 rings (SSSR count). The molecule has 0 N–H and O–H groups in total. The first kappa shape index (κ1) is 11.4. The highest BCUT2D eigenvalue weighted by atomic mass is 32.3. The van der Waals surface area contributed by atoms with E-state index in [1.165, 1.54) is 12.1 Å². The minimum absolute atomic E-state index is 0.408. The highest BCUT2D eigenvalue weighted by Gasteiger charge is 2.14. The number of hydrogen-bond donors (Lipinski definition) is 0. The number of halogens is 1. The van der Waals surface area contributed by atoms with E-state index >= 15 is 0 Å². The third kappa shape index (κ3) is 2.66. The van der Waals surface area contributed by atoms with E-state index in [4.69, 9.17) is 0 Å². The fourth-order valence-electron chi connectivity index (χ4n) is 0.968. The van der Waals surface area contributed by atoms with Gasteiger partial charge in [0, 0.05) is 5.30 Å². The molecule has 14 heavy (non-hydrogen) atoms. The van der Waals surface area contributed by atoms with E-state index in [0.29, 0.717) is 5.30 Å². The minimum atomic E-state index is -4.65. The first-order chi connectivity index (χ1) is 6.21. The quantitative estimate of drug-likeness (QED) is 0.578. The molecule has 3 nitrogen and oxygen atoms in total. The molecule has 1 aromatic carbocycles.